The molecule has 1 fully saturated rings. The number of aromatic nitrogens is 4. The van der Waals surface area contributed by atoms with E-state index in [4.69, 9.17) is 15.3 Å². The number of nitrogen functional groups attached to an aromatic ring is 1. The van der Waals surface area contributed by atoms with Crippen molar-refractivity contribution in [3.8, 4) is 17.0 Å². The van der Waals surface area contributed by atoms with Gasteiger partial charge in [0.25, 0.3) is 0 Å². The number of carbonyl (C=O) groups is 1. The van der Waals surface area contributed by atoms with E-state index >= 15 is 0 Å². The number of nitrogens with zero attached hydrogens (tertiary/aromatic N) is 5. The zero-order valence-corrected chi connectivity index (χ0v) is 17.6. The van der Waals surface area contributed by atoms with E-state index in [9.17, 15) is 9.18 Å². The van der Waals surface area contributed by atoms with Crippen molar-refractivity contribution >= 4 is 23.3 Å². The van der Waals surface area contributed by atoms with Crippen molar-refractivity contribution in [1.29, 1.82) is 0 Å². The van der Waals surface area contributed by atoms with Gasteiger partial charge in [-0.2, -0.15) is 10.0 Å². The number of nitrogens with one attached hydrogen (secondary N) is 1. The first-order valence-corrected chi connectivity index (χ1v) is 10.2. The maximum Gasteiger partial charge on any atom is 0.346 e. The maximum absolute atomic E-state index is 13.7. The Morgan fingerprint density at radius 2 is 2.15 bits per heavy atom. The third kappa shape index (κ3) is 4.01. The van der Waals surface area contributed by atoms with Crippen molar-refractivity contribution < 1.29 is 18.8 Å². The van der Waals surface area contributed by atoms with Crippen molar-refractivity contribution in [2.45, 2.75) is 12.5 Å². The number of hydrogen-bond acceptors (Lipinski definition) is 7. The first kappa shape index (κ1) is 20.6. The lowest BCUT2D eigenvalue weighted by atomic mass is 10.0. The molecule has 3 aromatic heterocycles. The third-order valence-electron chi connectivity index (χ3n) is 5.31. The van der Waals surface area contributed by atoms with Crippen molar-refractivity contribution in [2.75, 3.05) is 24.8 Å². The summed E-state index contributed by atoms with van der Waals surface area (Å²) in [6.45, 7) is 0.339. The summed E-state index contributed by atoms with van der Waals surface area (Å²) >= 11 is 0. The molecule has 4 aromatic rings. The number of benzene rings is 1. The summed E-state index contributed by atoms with van der Waals surface area (Å²) in [5.74, 6) is 0.0394. The predicted octanol–water partition coefficient (Wildman–Crippen LogP) is 3.43. The van der Waals surface area contributed by atoms with Crippen molar-refractivity contribution in [3.63, 3.8) is 0 Å². The molecular formula is C22H20FN7O3. The summed E-state index contributed by atoms with van der Waals surface area (Å²) in [4.78, 5) is 27.1. The lowest BCUT2D eigenvalue weighted by Crippen LogP contribution is -2.33. The van der Waals surface area contributed by atoms with Crippen LogP contribution in [0.1, 0.15) is 18.0 Å². The van der Waals surface area contributed by atoms with Crippen LogP contribution in [-0.2, 0) is 4.84 Å². The number of hydroxylamine groups is 2. The van der Waals surface area contributed by atoms with Crippen LogP contribution in [0, 0.1) is 5.82 Å². The number of rotatable bonds is 4. The fourth-order valence-electron chi connectivity index (χ4n) is 3.80. The van der Waals surface area contributed by atoms with Crippen LogP contribution in [0.3, 0.4) is 0 Å². The Kier molecular flexibility index (Phi) is 5.23. The van der Waals surface area contributed by atoms with Gasteiger partial charge in [0.05, 0.1) is 19.8 Å². The fraction of sp³-hybridized carbons (Fsp3) is 0.182. The summed E-state index contributed by atoms with van der Waals surface area (Å²) < 4.78 is 20.6. The first-order valence-electron chi connectivity index (χ1n) is 10.2. The molecule has 10 nitrogen and oxygen atoms in total. The molecule has 4 heterocycles. The number of anilines is 2. The quantitative estimate of drug-likeness (QED) is 0.490. The van der Waals surface area contributed by atoms with Crippen LogP contribution in [0.5, 0.6) is 5.88 Å². The average molecular weight is 449 g/mol. The smallest absolute Gasteiger partial charge is 0.346 e. The fourth-order valence-corrected chi connectivity index (χ4v) is 3.80. The number of fused-ring (bicyclic) bond motifs is 1. The average Bonchev–Trinajstić information content (AvgIpc) is 3.44. The minimum absolute atomic E-state index is 0.173. The van der Waals surface area contributed by atoms with E-state index in [-0.39, 0.29) is 17.6 Å². The lowest BCUT2D eigenvalue weighted by molar-refractivity contribution is -0.0830. The van der Waals surface area contributed by atoms with E-state index in [1.807, 2.05) is 12.1 Å². The number of hydrogen-bond donors (Lipinski definition) is 2. The highest BCUT2D eigenvalue weighted by Gasteiger charge is 2.32. The van der Waals surface area contributed by atoms with E-state index in [0.717, 1.165) is 11.1 Å². The molecule has 5 rings (SSSR count). The number of urea groups is 1. The molecule has 1 saturated heterocycles. The normalized spacial score (nSPS) is 15.7. The number of ether oxygens (including phenoxy) is 1. The minimum atomic E-state index is -0.514. The molecule has 1 aliphatic rings. The van der Waals surface area contributed by atoms with Gasteiger partial charge in [0.15, 0.2) is 5.65 Å². The second-order valence-corrected chi connectivity index (χ2v) is 7.42. The molecule has 1 aliphatic heterocycles. The van der Waals surface area contributed by atoms with Crippen LogP contribution in [0.4, 0.5) is 20.8 Å². The highest BCUT2D eigenvalue weighted by atomic mass is 19.1. The van der Waals surface area contributed by atoms with Gasteiger partial charge in [0.2, 0.25) is 11.8 Å². The van der Waals surface area contributed by atoms with Crippen LogP contribution in [-0.4, -0.2) is 44.4 Å². The maximum atomic E-state index is 13.7. The molecule has 0 spiro atoms. The van der Waals surface area contributed by atoms with Crippen LogP contribution >= 0.6 is 0 Å². The van der Waals surface area contributed by atoms with Crippen molar-refractivity contribution in [1.82, 2.24) is 24.6 Å². The summed E-state index contributed by atoms with van der Waals surface area (Å²) in [5.41, 5.74) is 8.77. The Labute approximate surface area is 187 Å². The van der Waals surface area contributed by atoms with Gasteiger partial charge in [0, 0.05) is 24.4 Å². The van der Waals surface area contributed by atoms with Gasteiger partial charge in [-0.25, -0.2) is 18.7 Å². The van der Waals surface area contributed by atoms with E-state index in [0.29, 0.717) is 29.9 Å². The van der Waals surface area contributed by atoms with Gasteiger partial charge in [0.1, 0.15) is 11.5 Å². The van der Waals surface area contributed by atoms with Crippen LogP contribution < -0.4 is 15.8 Å². The molecule has 0 radical (unpaired) electrons. The van der Waals surface area contributed by atoms with Gasteiger partial charge < -0.3 is 15.8 Å². The van der Waals surface area contributed by atoms with Crippen molar-refractivity contribution in [2.24, 2.45) is 0 Å². The van der Waals surface area contributed by atoms with Gasteiger partial charge in [-0.3, -0.25) is 4.84 Å². The second kappa shape index (κ2) is 8.36. The topological polar surface area (TPSA) is 120 Å². The molecule has 0 bridgehead atoms. The van der Waals surface area contributed by atoms with Gasteiger partial charge in [-0.05, 0) is 41.5 Å². The van der Waals surface area contributed by atoms with Gasteiger partial charge >= 0.3 is 6.03 Å². The molecule has 1 aromatic carbocycles. The summed E-state index contributed by atoms with van der Waals surface area (Å²) in [6.07, 6.45) is 3.91. The standard InChI is InChI=1S/C22H20FN7O3/c1-32-20-17(10-15(12-25-20)13-5-7-29-19(11-13)27-21(24)28-29)26-22(31)30-18(6-8-33-30)14-3-2-4-16(23)9-14/h2-5,7,9-12,18H,6,8H2,1H3,(H2,24,28)(H,26,31)/t18-/m0/s1. The number of pyridine rings is 2. The molecule has 0 saturated carbocycles. The van der Waals surface area contributed by atoms with Crippen LogP contribution in [0.2, 0.25) is 0 Å². The van der Waals surface area contributed by atoms with E-state index in [1.54, 1.807) is 35.1 Å². The summed E-state index contributed by atoms with van der Waals surface area (Å²) in [5, 5.41) is 8.07. The largest absolute Gasteiger partial charge is 0.480 e. The number of carbonyl (C=O) groups excluding carboxylic acids is 1. The number of amides is 2. The zero-order valence-electron chi connectivity index (χ0n) is 17.6. The lowest BCUT2D eigenvalue weighted by Gasteiger charge is -2.23. The molecule has 0 unspecified atom stereocenters. The van der Waals surface area contributed by atoms with E-state index in [1.165, 1.54) is 24.3 Å². The Hall–Kier alpha value is -4.25. The molecule has 2 amide bonds. The SMILES string of the molecule is COc1ncc(-c2ccn3nc(N)nc3c2)cc1NC(=O)N1OCC[C@H]1c1cccc(F)c1. The van der Waals surface area contributed by atoms with E-state index < -0.39 is 12.1 Å². The number of methoxy groups -OCH3 is 1. The Morgan fingerprint density at radius 1 is 1.27 bits per heavy atom. The summed E-state index contributed by atoms with van der Waals surface area (Å²) in [7, 11) is 1.46. The zero-order chi connectivity index (χ0) is 22.9. The van der Waals surface area contributed by atoms with Crippen LogP contribution in [0.25, 0.3) is 16.8 Å². The Balaban J connectivity index is 1.42. The highest BCUT2D eigenvalue weighted by molar-refractivity contribution is 5.91. The van der Waals surface area contributed by atoms with Gasteiger partial charge in [-0.15, -0.1) is 5.10 Å². The first-order chi connectivity index (χ1) is 16.0. The molecule has 0 aliphatic carbocycles. The third-order valence-corrected chi connectivity index (χ3v) is 5.31. The Morgan fingerprint density at radius 3 is 2.97 bits per heavy atom. The molecule has 3 N–H and O–H groups in total. The molecular weight excluding hydrogens is 429 g/mol. The van der Waals surface area contributed by atoms with Crippen LogP contribution in [0.15, 0.2) is 54.9 Å². The monoisotopic (exact) mass is 449 g/mol. The predicted molar refractivity (Wildman–Crippen MR) is 118 cm³/mol. The molecule has 33 heavy (non-hydrogen) atoms. The molecule has 168 valence electrons. The molecule has 11 heteroatoms. The summed E-state index contributed by atoms with van der Waals surface area (Å²) in [6, 6.07) is 10.6. The highest BCUT2D eigenvalue weighted by Crippen LogP contribution is 2.33. The van der Waals surface area contributed by atoms with Gasteiger partial charge in [-0.1, -0.05) is 12.1 Å². The molecule has 1 atom stereocenters. The number of halogens is 1. The number of nitrogens with two attached hydrogens (primary N) is 1. The second-order valence-electron chi connectivity index (χ2n) is 7.42. The van der Waals surface area contributed by atoms with Crippen molar-refractivity contribution in [3.05, 3.63) is 66.2 Å². The Bertz CT molecular complexity index is 1340. The van der Waals surface area contributed by atoms with E-state index in [2.05, 4.69) is 20.4 Å². The minimum Gasteiger partial charge on any atom is -0.480 e.